The highest BCUT2D eigenvalue weighted by molar-refractivity contribution is 5.27. The van der Waals surface area contributed by atoms with Gasteiger partial charge in [0.05, 0.1) is 11.4 Å². The van der Waals surface area contributed by atoms with Gasteiger partial charge in [0.25, 0.3) is 0 Å². The first kappa shape index (κ1) is 11.3. The van der Waals surface area contributed by atoms with E-state index >= 15 is 0 Å². The van der Waals surface area contributed by atoms with E-state index in [0.29, 0.717) is 0 Å². The fraction of sp³-hybridized carbons (Fsp3) is 0.786. The fourth-order valence-electron chi connectivity index (χ4n) is 3.38. The Morgan fingerprint density at radius 1 is 1.29 bits per heavy atom. The largest absolute Gasteiger partial charge is 0.311 e. The van der Waals surface area contributed by atoms with Gasteiger partial charge in [0.2, 0.25) is 0 Å². The van der Waals surface area contributed by atoms with E-state index < -0.39 is 0 Å². The summed E-state index contributed by atoms with van der Waals surface area (Å²) in [5.41, 5.74) is 4.23. The molecule has 0 atom stereocenters. The number of hydrogen-bond donors (Lipinski definition) is 1. The van der Waals surface area contributed by atoms with Crippen LogP contribution < -0.4 is 5.32 Å². The summed E-state index contributed by atoms with van der Waals surface area (Å²) in [7, 11) is 0. The van der Waals surface area contributed by atoms with Gasteiger partial charge < -0.3 is 5.32 Å². The quantitative estimate of drug-likeness (QED) is 0.850. The number of fused-ring (bicyclic) bond motifs is 1. The smallest absolute Gasteiger partial charge is 0.0629 e. The minimum absolute atomic E-state index is 0.870. The zero-order valence-corrected chi connectivity index (χ0v) is 10.8. The van der Waals surface area contributed by atoms with Crippen LogP contribution in [0.15, 0.2) is 0 Å². The first-order valence-electron chi connectivity index (χ1n) is 7.10. The Morgan fingerprint density at radius 2 is 2.12 bits per heavy atom. The molecule has 0 saturated heterocycles. The summed E-state index contributed by atoms with van der Waals surface area (Å²) in [6, 6.07) is 0. The Kier molecular flexibility index (Phi) is 3.19. The maximum Gasteiger partial charge on any atom is 0.0629 e. The lowest BCUT2D eigenvalue weighted by atomic mass is 9.89. The number of rotatable bonds is 2. The summed E-state index contributed by atoms with van der Waals surface area (Å²) in [5, 5.41) is 8.23. The van der Waals surface area contributed by atoms with Gasteiger partial charge >= 0.3 is 0 Å². The molecule has 17 heavy (non-hydrogen) atoms. The zero-order chi connectivity index (χ0) is 11.7. The molecule has 0 bridgehead atoms. The monoisotopic (exact) mass is 233 g/mol. The van der Waals surface area contributed by atoms with Crippen molar-refractivity contribution in [3.63, 3.8) is 0 Å². The summed E-state index contributed by atoms with van der Waals surface area (Å²) in [4.78, 5) is 0. The van der Waals surface area contributed by atoms with Crippen LogP contribution in [0.5, 0.6) is 0 Å². The van der Waals surface area contributed by atoms with Gasteiger partial charge in [0, 0.05) is 13.1 Å². The lowest BCUT2D eigenvalue weighted by Crippen LogP contribution is -2.26. The standard InChI is InChI=1S/C14H23N3/c1-11-13-7-8-15-9-14(13)17(16-11)10-12-5-3-2-4-6-12/h12,15H,2-10H2,1H3. The van der Waals surface area contributed by atoms with Crippen molar-refractivity contribution in [1.29, 1.82) is 0 Å². The predicted molar refractivity (Wildman–Crippen MR) is 68.9 cm³/mol. The minimum Gasteiger partial charge on any atom is -0.311 e. The van der Waals surface area contributed by atoms with Crippen molar-refractivity contribution in [1.82, 2.24) is 15.1 Å². The number of hydrogen-bond acceptors (Lipinski definition) is 2. The molecule has 94 valence electrons. The highest BCUT2D eigenvalue weighted by Crippen LogP contribution is 2.26. The van der Waals surface area contributed by atoms with Crippen LogP contribution in [0, 0.1) is 12.8 Å². The van der Waals surface area contributed by atoms with E-state index in [1.807, 2.05) is 0 Å². The van der Waals surface area contributed by atoms with Crippen LogP contribution in [0.2, 0.25) is 0 Å². The zero-order valence-electron chi connectivity index (χ0n) is 10.8. The van der Waals surface area contributed by atoms with Gasteiger partial charge in [-0.1, -0.05) is 19.3 Å². The highest BCUT2D eigenvalue weighted by Gasteiger charge is 2.21. The average Bonchev–Trinajstić information content (AvgIpc) is 2.69. The molecule has 2 heterocycles. The molecular weight excluding hydrogens is 210 g/mol. The van der Waals surface area contributed by atoms with Crippen molar-refractivity contribution >= 4 is 0 Å². The second kappa shape index (κ2) is 4.81. The first-order valence-corrected chi connectivity index (χ1v) is 7.10. The van der Waals surface area contributed by atoms with Crippen LogP contribution in [-0.4, -0.2) is 16.3 Å². The minimum atomic E-state index is 0.870. The third-order valence-electron chi connectivity index (χ3n) is 4.37. The van der Waals surface area contributed by atoms with E-state index in [0.717, 1.165) is 32.0 Å². The molecule has 3 nitrogen and oxygen atoms in total. The predicted octanol–water partition coefficient (Wildman–Crippen LogP) is 2.42. The molecule has 1 saturated carbocycles. The number of nitrogens with zero attached hydrogens (tertiary/aromatic N) is 2. The van der Waals surface area contributed by atoms with Gasteiger partial charge in [-0.15, -0.1) is 0 Å². The van der Waals surface area contributed by atoms with Crippen molar-refractivity contribution in [2.24, 2.45) is 5.92 Å². The van der Waals surface area contributed by atoms with Crippen LogP contribution in [0.3, 0.4) is 0 Å². The van der Waals surface area contributed by atoms with Crippen molar-refractivity contribution in [3.8, 4) is 0 Å². The van der Waals surface area contributed by atoms with E-state index in [1.54, 1.807) is 0 Å². The van der Waals surface area contributed by atoms with Crippen LogP contribution in [-0.2, 0) is 19.5 Å². The van der Waals surface area contributed by atoms with Crippen LogP contribution in [0.25, 0.3) is 0 Å². The topological polar surface area (TPSA) is 29.9 Å². The van der Waals surface area contributed by atoms with Gasteiger partial charge in [-0.2, -0.15) is 5.10 Å². The third kappa shape index (κ3) is 2.25. The summed E-state index contributed by atoms with van der Waals surface area (Å²) >= 11 is 0. The molecule has 0 spiro atoms. The fourth-order valence-corrected chi connectivity index (χ4v) is 3.38. The highest BCUT2D eigenvalue weighted by atomic mass is 15.3. The molecule has 1 aromatic rings. The Balaban J connectivity index is 1.78. The average molecular weight is 233 g/mol. The van der Waals surface area contributed by atoms with Crippen LogP contribution in [0.4, 0.5) is 0 Å². The van der Waals surface area contributed by atoms with Crippen molar-refractivity contribution in [3.05, 3.63) is 17.0 Å². The van der Waals surface area contributed by atoms with Crippen LogP contribution in [0.1, 0.15) is 49.1 Å². The van der Waals surface area contributed by atoms with E-state index in [4.69, 9.17) is 5.10 Å². The first-order chi connectivity index (χ1) is 8.34. The molecule has 1 N–H and O–H groups in total. The van der Waals surface area contributed by atoms with E-state index in [-0.39, 0.29) is 0 Å². The van der Waals surface area contributed by atoms with E-state index in [1.165, 1.54) is 49.1 Å². The van der Waals surface area contributed by atoms with Gasteiger partial charge in [0.1, 0.15) is 0 Å². The molecule has 1 aromatic heterocycles. The molecule has 0 radical (unpaired) electrons. The lowest BCUT2D eigenvalue weighted by molar-refractivity contribution is 0.302. The molecular formula is C14H23N3. The van der Waals surface area contributed by atoms with Gasteiger partial charge in [-0.3, -0.25) is 4.68 Å². The summed E-state index contributed by atoms with van der Waals surface area (Å²) in [6.07, 6.45) is 8.25. The molecule has 1 aliphatic heterocycles. The maximum atomic E-state index is 4.76. The molecule has 1 aliphatic carbocycles. The Bertz CT molecular complexity index is 388. The molecule has 0 amide bonds. The summed E-state index contributed by atoms with van der Waals surface area (Å²) < 4.78 is 2.30. The number of aromatic nitrogens is 2. The molecule has 3 heteroatoms. The molecule has 0 unspecified atom stereocenters. The number of nitrogens with one attached hydrogen (secondary N) is 1. The Labute approximate surface area is 104 Å². The van der Waals surface area contributed by atoms with Gasteiger partial charge in [0.15, 0.2) is 0 Å². The summed E-state index contributed by atoms with van der Waals surface area (Å²) in [6.45, 7) is 5.45. The van der Waals surface area contributed by atoms with E-state index in [9.17, 15) is 0 Å². The normalized spacial score (nSPS) is 21.5. The third-order valence-corrected chi connectivity index (χ3v) is 4.37. The lowest BCUT2D eigenvalue weighted by Gasteiger charge is -2.23. The van der Waals surface area contributed by atoms with Crippen molar-refractivity contribution in [2.75, 3.05) is 6.54 Å². The van der Waals surface area contributed by atoms with Gasteiger partial charge in [-0.05, 0) is 44.2 Å². The Morgan fingerprint density at radius 3 is 2.94 bits per heavy atom. The maximum absolute atomic E-state index is 4.76. The molecule has 0 aromatic carbocycles. The Hall–Kier alpha value is -0.830. The van der Waals surface area contributed by atoms with E-state index in [2.05, 4.69) is 16.9 Å². The number of aryl methyl sites for hydroxylation is 1. The van der Waals surface area contributed by atoms with Crippen molar-refractivity contribution < 1.29 is 0 Å². The summed E-state index contributed by atoms with van der Waals surface area (Å²) in [5.74, 6) is 0.870. The van der Waals surface area contributed by atoms with Gasteiger partial charge in [-0.25, -0.2) is 0 Å². The molecule has 1 fully saturated rings. The second-order valence-corrected chi connectivity index (χ2v) is 5.62. The van der Waals surface area contributed by atoms with Crippen molar-refractivity contribution in [2.45, 2.75) is 58.5 Å². The van der Waals surface area contributed by atoms with Crippen LogP contribution >= 0.6 is 0 Å². The SMILES string of the molecule is Cc1nn(CC2CCCCC2)c2c1CCNC2. The molecule has 2 aliphatic rings. The second-order valence-electron chi connectivity index (χ2n) is 5.62. The molecule has 3 rings (SSSR count).